The standard InChI is InChI=1S/C32H39N5/c1-2-12-31-25-29(34-37(31)30-17-10-5-11-18-30)26-33-19-20-35-21-23-36(24-22-35)32(27-13-6-3-7-14-27)28-15-8-4-9-16-28/h3-11,13-18,25,32-33H,2,12,19-24,26H2,1H3. The molecule has 1 saturated heterocycles. The maximum Gasteiger partial charge on any atom is 0.0769 e. The Morgan fingerprint density at radius 3 is 1.97 bits per heavy atom. The van der Waals surface area contributed by atoms with Crippen LogP contribution in [-0.2, 0) is 13.0 Å². The summed E-state index contributed by atoms with van der Waals surface area (Å²) in [7, 11) is 0. The third-order valence-electron chi connectivity index (χ3n) is 7.25. The van der Waals surface area contributed by atoms with Crippen molar-refractivity contribution in [3.63, 3.8) is 0 Å². The van der Waals surface area contributed by atoms with Crippen molar-refractivity contribution in [1.82, 2.24) is 24.9 Å². The van der Waals surface area contributed by atoms with Gasteiger partial charge in [-0.25, -0.2) is 4.68 Å². The van der Waals surface area contributed by atoms with Crippen molar-refractivity contribution >= 4 is 0 Å². The van der Waals surface area contributed by atoms with E-state index in [1.807, 2.05) is 0 Å². The number of rotatable bonds is 11. The van der Waals surface area contributed by atoms with Crippen molar-refractivity contribution in [2.24, 2.45) is 0 Å². The maximum atomic E-state index is 4.90. The van der Waals surface area contributed by atoms with Gasteiger partial charge in [-0.2, -0.15) is 5.10 Å². The fraction of sp³-hybridized carbons (Fsp3) is 0.344. The summed E-state index contributed by atoms with van der Waals surface area (Å²) in [6.07, 6.45) is 2.16. The summed E-state index contributed by atoms with van der Waals surface area (Å²) in [6.45, 7) is 9.43. The van der Waals surface area contributed by atoms with Crippen molar-refractivity contribution in [2.45, 2.75) is 32.4 Å². The highest BCUT2D eigenvalue weighted by Crippen LogP contribution is 2.29. The first kappa shape index (κ1) is 25.4. The summed E-state index contributed by atoms with van der Waals surface area (Å²) in [5.74, 6) is 0. The zero-order valence-electron chi connectivity index (χ0n) is 22.0. The van der Waals surface area contributed by atoms with Crippen LogP contribution in [0.25, 0.3) is 5.69 Å². The second kappa shape index (κ2) is 12.8. The molecule has 1 aliphatic rings. The highest BCUT2D eigenvalue weighted by atomic mass is 15.3. The lowest BCUT2D eigenvalue weighted by Gasteiger charge is -2.39. The predicted molar refractivity (Wildman–Crippen MR) is 152 cm³/mol. The minimum absolute atomic E-state index is 0.319. The Morgan fingerprint density at radius 1 is 0.784 bits per heavy atom. The summed E-state index contributed by atoms with van der Waals surface area (Å²) < 4.78 is 2.11. The van der Waals surface area contributed by atoms with Gasteiger partial charge in [-0.15, -0.1) is 0 Å². The number of aryl methyl sites for hydroxylation is 1. The normalized spacial score (nSPS) is 14.9. The summed E-state index contributed by atoms with van der Waals surface area (Å²) in [5, 5.41) is 8.54. The lowest BCUT2D eigenvalue weighted by molar-refractivity contribution is 0.110. The van der Waals surface area contributed by atoms with Crippen LogP contribution in [0.4, 0.5) is 0 Å². The first-order valence-electron chi connectivity index (χ1n) is 13.7. The van der Waals surface area contributed by atoms with Gasteiger partial charge in [0.2, 0.25) is 0 Å². The van der Waals surface area contributed by atoms with Crippen LogP contribution in [0, 0.1) is 0 Å². The van der Waals surface area contributed by atoms with E-state index in [-0.39, 0.29) is 0 Å². The molecule has 5 nitrogen and oxygen atoms in total. The van der Waals surface area contributed by atoms with Gasteiger partial charge in [0.15, 0.2) is 0 Å². The number of nitrogens with one attached hydrogen (secondary N) is 1. The second-order valence-electron chi connectivity index (χ2n) is 9.90. The SMILES string of the molecule is CCCc1cc(CNCCN2CCN(C(c3ccccc3)c3ccccc3)CC2)nn1-c1ccccc1. The molecule has 2 heterocycles. The van der Waals surface area contributed by atoms with Crippen molar-refractivity contribution in [2.75, 3.05) is 39.3 Å². The van der Waals surface area contributed by atoms with Crippen molar-refractivity contribution < 1.29 is 0 Å². The summed E-state index contributed by atoms with van der Waals surface area (Å²) in [4.78, 5) is 5.22. The molecule has 5 rings (SSSR count). The number of hydrogen-bond acceptors (Lipinski definition) is 4. The fourth-order valence-corrected chi connectivity index (χ4v) is 5.37. The fourth-order valence-electron chi connectivity index (χ4n) is 5.37. The van der Waals surface area contributed by atoms with E-state index in [0.717, 1.165) is 70.0 Å². The molecule has 5 heteroatoms. The summed E-state index contributed by atoms with van der Waals surface area (Å²) >= 11 is 0. The van der Waals surface area contributed by atoms with Gasteiger partial charge >= 0.3 is 0 Å². The van der Waals surface area contributed by atoms with E-state index in [4.69, 9.17) is 5.10 Å². The Hall–Kier alpha value is -3.25. The predicted octanol–water partition coefficient (Wildman–Crippen LogP) is 5.32. The van der Waals surface area contributed by atoms with Crippen LogP contribution in [0.3, 0.4) is 0 Å². The minimum atomic E-state index is 0.319. The van der Waals surface area contributed by atoms with E-state index in [1.165, 1.54) is 16.8 Å². The van der Waals surface area contributed by atoms with E-state index in [2.05, 4.69) is 124 Å². The maximum absolute atomic E-state index is 4.90. The molecule has 1 N–H and O–H groups in total. The molecule has 0 spiro atoms. The van der Waals surface area contributed by atoms with Crippen LogP contribution in [0.1, 0.15) is 41.9 Å². The summed E-state index contributed by atoms with van der Waals surface area (Å²) in [6, 6.07) is 34.9. The average molecular weight is 494 g/mol. The smallest absolute Gasteiger partial charge is 0.0769 e. The van der Waals surface area contributed by atoms with E-state index in [0.29, 0.717) is 6.04 Å². The highest BCUT2D eigenvalue weighted by molar-refractivity contribution is 5.34. The molecule has 3 aromatic carbocycles. The largest absolute Gasteiger partial charge is 0.310 e. The van der Waals surface area contributed by atoms with Gasteiger partial charge in [0.05, 0.1) is 17.4 Å². The minimum Gasteiger partial charge on any atom is -0.310 e. The second-order valence-corrected chi connectivity index (χ2v) is 9.90. The molecule has 0 saturated carbocycles. The van der Waals surface area contributed by atoms with Crippen LogP contribution >= 0.6 is 0 Å². The lowest BCUT2D eigenvalue weighted by atomic mass is 9.96. The van der Waals surface area contributed by atoms with Crippen LogP contribution in [0.5, 0.6) is 0 Å². The van der Waals surface area contributed by atoms with E-state index >= 15 is 0 Å². The van der Waals surface area contributed by atoms with Crippen LogP contribution in [0.15, 0.2) is 97.1 Å². The molecule has 0 bridgehead atoms. The Kier molecular flexibility index (Phi) is 8.80. The van der Waals surface area contributed by atoms with Gasteiger partial charge in [0, 0.05) is 51.5 Å². The van der Waals surface area contributed by atoms with Gasteiger partial charge in [-0.05, 0) is 35.7 Å². The zero-order chi connectivity index (χ0) is 25.3. The molecule has 0 radical (unpaired) electrons. The first-order chi connectivity index (χ1) is 18.3. The number of hydrogen-bond donors (Lipinski definition) is 1. The first-order valence-corrected chi connectivity index (χ1v) is 13.7. The van der Waals surface area contributed by atoms with Gasteiger partial charge in [0.25, 0.3) is 0 Å². The molecule has 37 heavy (non-hydrogen) atoms. The average Bonchev–Trinajstić information content (AvgIpc) is 3.36. The van der Waals surface area contributed by atoms with E-state index < -0.39 is 0 Å². The molecule has 0 aliphatic carbocycles. The topological polar surface area (TPSA) is 36.3 Å². The molecule has 1 aromatic heterocycles. The number of nitrogens with zero attached hydrogens (tertiary/aromatic N) is 4. The number of aromatic nitrogens is 2. The Balaban J connectivity index is 1.12. The van der Waals surface area contributed by atoms with Crippen LogP contribution in [0.2, 0.25) is 0 Å². The van der Waals surface area contributed by atoms with Gasteiger partial charge < -0.3 is 5.32 Å². The number of para-hydroxylation sites is 1. The molecule has 0 amide bonds. The molecule has 192 valence electrons. The molecule has 4 aromatic rings. The third-order valence-corrected chi connectivity index (χ3v) is 7.25. The Labute approximate surface area is 221 Å². The van der Waals surface area contributed by atoms with Crippen molar-refractivity contribution in [1.29, 1.82) is 0 Å². The van der Waals surface area contributed by atoms with Gasteiger partial charge in [-0.3, -0.25) is 9.80 Å². The molecular weight excluding hydrogens is 454 g/mol. The van der Waals surface area contributed by atoms with Gasteiger partial charge in [0.1, 0.15) is 0 Å². The lowest BCUT2D eigenvalue weighted by Crippen LogP contribution is -2.49. The molecular formula is C32H39N5. The van der Waals surface area contributed by atoms with E-state index in [9.17, 15) is 0 Å². The molecule has 1 aliphatic heterocycles. The van der Waals surface area contributed by atoms with Crippen LogP contribution < -0.4 is 5.32 Å². The Bertz CT molecular complexity index is 1160. The Morgan fingerprint density at radius 2 is 1.38 bits per heavy atom. The van der Waals surface area contributed by atoms with Crippen LogP contribution in [-0.4, -0.2) is 58.8 Å². The zero-order valence-corrected chi connectivity index (χ0v) is 22.0. The quantitative estimate of drug-likeness (QED) is 0.287. The number of piperazine rings is 1. The number of benzene rings is 3. The van der Waals surface area contributed by atoms with Gasteiger partial charge in [-0.1, -0.05) is 92.2 Å². The summed E-state index contributed by atoms with van der Waals surface area (Å²) in [5.41, 5.74) is 6.29. The monoisotopic (exact) mass is 493 g/mol. The molecule has 0 unspecified atom stereocenters. The molecule has 0 atom stereocenters. The van der Waals surface area contributed by atoms with Crippen molar-refractivity contribution in [3.05, 3.63) is 120 Å². The third kappa shape index (κ3) is 6.55. The van der Waals surface area contributed by atoms with E-state index in [1.54, 1.807) is 0 Å². The molecule has 1 fully saturated rings. The van der Waals surface area contributed by atoms with Crippen molar-refractivity contribution in [3.8, 4) is 5.69 Å². The highest BCUT2D eigenvalue weighted by Gasteiger charge is 2.26.